The molecule has 0 fully saturated rings. The molecule has 0 unspecified atom stereocenters. The molecule has 3 rings (SSSR count). The predicted molar refractivity (Wildman–Crippen MR) is 112 cm³/mol. The molecule has 2 aromatic heterocycles. The number of carbonyl (C=O) groups is 3. The highest BCUT2D eigenvalue weighted by molar-refractivity contribution is 5.95. The first-order chi connectivity index (χ1) is 17.1. The van der Waals surface area contributed by atoms with Crippen LogP contribution in [-0.4, -0.2) is 88.8 Å². The Balaban J connectivity index is 0.000000404. The first-order valence-corrected chi connectivity index (χ1v) is 10.1. The summed E-state index contributed by atoms with van der Waals surface area (Å²) in [4.78, 5) is 39.0. The average Bonchev–Trinajstić information content (AvgIpc) is 3.14. The van der Waals surface area contributed by atoms with E-state index in [4.69, 9.17) is 29.1 Å². The van der Waals surface area contributed by atoms with Crippen LogP contribution in [0.2, 0.25) is 0 Å². The van der Waals surface area contributed by atoms with Gasteiger partial charge in [0.1, 0.15) is 17.1 Å². The van der Waals surface area contributed by atoms with Crippen LogP contribution in [0.15, 0.2) is 29.0 Å². The Morgan fingerprint density at radius 1 is 1.08 bits per heavy atom. The van der Waals surface area contributed by atoms with Gasteiger partial charge in [-0.3, -0.25) is 4.79 Å². The number of halogens is 6. The van der Waals surface area contributed by atoms with E-state index in [1.165, 1.54) is 6.20 Å². The summed E-state index contributed by atoms with van der Waals surface area (Å²) in [6.45, 7) is 4.96. The number of hydrogen-bond acceptors (Lipinski definition) is 8. The largest absolute Gasteiger partial charge is 0.490 e. The van der Waals surface area contributed by atoms with Crippen LogP contribution >= 0.6 is 0 Å². The van der Waals surface area contributed by atoms with E-state index in [1.807, 2.05) is 17.0 Å². The maximum Gasteiger partial charge on any atom is 0.490 e. The molecular weight excluding hydrogens is 522 g/mol. The fourth-order valence-electron chi connectivity index (χ4n) is 2.74. The summed E-state index contributed by atoms with van der Waals surface area (Å²) in [5.74, 6) is -4.11. The number of aliphatic carboxylic acids is 2. The molecule has 2 aromatic rings. The molecular formula is C20H22F6N4O7. The fourth-order valence-corrected chi connectivity index (χ4v) is 2.74. The van der Waals surface area contributed by atoms with Crippen molar-refractivity contribution in [2.24, 2.45) is 0 Å². The first-order valence-electron chi connectivity index (χ1n) is 10.1. The second kappa shape index (κ2) is 13.4. The minimum Gasteiger partial charge on any atom is -0.475 e. The molecule has 0 aromatic carbocycles. The third kappa shape index (κ3) is 9.94. The van der Waals surface area contributed by atoms with Gasteiger partial charge in [0.15, 0.2) is 0 Å². The maximum atomic E-state index is 12.7. The van der Waals surface area contributed by atoms with Gasteiger partial charge >= 0.3 is 24.3 Å². The highest BCUT2D eigenvalue weighted by atomic mass is 19.4. The first kappa shape index (κ1) is 31.1. The molecule has 0 spiro atoms. The van der Waals surface area contributed by atoms with E-state index in [0.29, 0.717) is 37.6 Å². The minimum atomic E-state index is -5.08. The summed E-state index contributed by atoms with van der Waals surface area (Å²) in [7, 11) is 1.68. The lowest BCUT2D eigenvalue weighted by molar-refractivity contribution is -0.193. The van der Waals surface area contributed by atoms with Gasteiger partial charge in [0, 0.05) is 45.0 Å². The van der Waals surface area contributed by atoms with Crippen LogP contribution in [0.3, 0.4) is 0 Å². The van der Waals surface area contributed by atoms with Gasteiger partial charge in [0.2, 0.25) is 0 Å². The molecule has 206 valence electrons. The average molecular weight is 544 g/mol. The number of alkyl halides is 6. The number of rotatable bonds is 4. The Labute approximate surface area is 205 Å². The van der Waals surface area contributed by atoms with Crippen LogP contribution in [-0.2, 0) is 20.9 Å². The SMILES string of the molecule is COCCN1CCN(C(=O)c2cnoc2C)Cc2cccnc21.O=C(O)C(F)(F)F.O=C(O)C(F)(F)F. The monoisotopic (exact) mass is 544 g/mol. The van der Waals surface area contributed by atoms with E-state index in [-0.39, 0.29) is 5.91 Å². The third-order valence-electron chi connectivity index (χ3n) is 4.49. The molecule has 11 nitrogen and oxygen atoms in total. The van der Waals surface area contributed by atoms with E-state index in [0.717, 1.165) is 17.9 Å². The molecule has 1 aliphatic rings. The lowest BCUT2D eigenvalue weighted by Crippen LogP contribution is -2.36. The van der Waals surface area contributed by atoms with E-state index in [9.17, 15) is 31.1 Å². The lowest BCUT2D eigenvalue weighted by Gasteiger charge is -2.23. The number of fused-ring (bicyclic) bond motifs is 1. The number of anilines is 1. The number of hydrogen-bond donors (Lipinski definition) is 2. The maximum absolute atomic E-state index is 12.7. The number of ether oxygens (including phenoxy) is 1. The van der Waals surface area contributed by atoms with E-state index < -0.39 is 24.3 Å². The van der Waals surface area contributed by atoms with Crippen LogP contribution < -0.4 is 4.90 Å². The zero-order valence-corrected chi connectivity index (χ0v) is 19.3. The van der Waals surface area contributed by atoms with Crippen LogP contribution in [0.1, 0.15) is 21.7 Å². The van der Waals surface area contributed by atoms with Crippen molar-refractivity contribution in [1.82, 2.24) is 15.0 Å². The molecule has 0 radical (unpaired) electrons. The van der Waals surface area contributed by atoms with Crippen molar-refractivity contribution in [2.45, 2.75) is 25.8 Å². The molecule has 37 heavy (non-hydrogen) atoms. The number of aryl methyl sites for hydroxylation is 1. The van der Waals surface area contributed by atoms with Crippen LogP contribution in [0.5, 0.6) is 0 Å². The summed E-state index contributed by atoms with van der Waals surface area (Å²) < 4.78 is 73.7. The highest BCUT2D eigenvalue weighted by Crippen LogP contribution is 2.24. The summed E-state index contributed by atoms with van der Waals surface area (Å²) >= 11 is 0. The lowest BCUT2D eigenvalue weighted by atomic mass is 10.2. The van der Waals surface area contributed by atoms with Crippen molar-refractivity contribution in [3.63, 3.8) is 0 Å². The van der Waals surface area contributed by atoms with Gasteiger partial charge in [-0.1, -0.05) is 11.2 Å². The molecule has 0 saturated carbocycles. The molecule has 1 amide bonds. The number of carboxylic acid groups (broad SMARTS) is 2. The molecule has 0 aliphatic carbocycles. The van der Waals surface area contributed by atoms with Gasteiger partial charge in [-0.2, -0.15) is 26.3 Å². The van der Waals surface area contributed by atoms with Crippen molar-refractivity contribution in [3.8, 4) is 0 Å². The van der Waals surface area contributed by atoms with Gasteiger partial charge in [0.25, 0.3) is 5.91 Å². The predicted octanol–water partition coefficient (Wildman–Crippen LogP) is 2.75. The van der Waals surface area contributed by atoms with Crippen LogP contribution in [0.4, 0.5) is 32.2 Å². The topological polar surface area (TPSA) is 146 Å². The Kier molecular flexibility index (Phi) is 11.3. The van der Waals surface area contributed by atoms with Gasteiger partial charge in [0.05, 0.1) is 12.8 Å². The van der Waals surface area contributed by atoms with Crippen LogP contribution in [0.25, 0.3) is 0 Å². The summed E-state index contributed by atoms with van der Waals surface area (Å²) in [6, 6.07) is 3.90. The molecule has 0 atom stereocenters. The molecule has 1 aliphatic heterocycles. The normalized spacial score (nSPS) is 13.3. The van der Waals surface area contributed by atoms with E-state index in [1.54, 1.807) is 20.2 Å². The van der Waals surface area contributed by atoms with Crippen molar-refractivity contribution in [1.29, 1.82) is 0 Å². The second-order valence-electron chi connectivity index (χ2n) is 7.09. The second-order valence-corrected chi connectivity index (χ2v) is 7.09. The molecule has 2 N–H and O–H groups in total. The number of aromatic nitrogens is 2. The number of pyridine rings is 1. The summed E-state index contributed by atoms with van der Waals surface area (Å²) in [6.07, 6.45) is -6.91. The zero-order chi connectivity index (χ0) is 28.4. The number of methoxy groups -OCH3 is 1. The molecule has 17 heteroatoms. The van der Waals surface area contributed by atoms with Crippen molar-refractivity contribution >= 4 is 23.7 Å². The number of amides is 1. The Hall–Kier alpha value is -3.89. The smallest absolute Gasteiger partial charge is 0.475 e. The zero-order valence-electron chi connectivity index (χ0n) is 19.3. The molecule has 0 saturated heterocycles. The van der Waals surface area contributed by atoms with Gasteiger partial charge in [-0.05, 0) is 13.0 Å². The van der Waals surface area contributed by atoms with Gasteiger partial charge < -0.3 is 29.3 Å². The van der Waals surface area contributed by atoms with Crippen molar-refractivity contribution in [3.05, 3.63) is 41.4 Å². The Morgan fingerprint density at radius 3 is 2.11 bits per heavy atom. The standard InChI is InChI=1S/C16H20N4O3.2C2HF3O2/c1-12-14(10-18-23-12)16(21)20-7-6-19(8-9-22-2)15-13(11-20)4-3-5-17-15;2*3-2(4,5)1(6)7/h3-5,10H,6-9,11H2,1-2H3;2*(H,6,7). The number of nitrogens with zero attached hydrogens (tertiary/aromatic N) is 4. The third-order valence-corrected chi connectivity index (χ3v) is 4.49. The number of carbonyl (C=O) groups excluding carboxylic acids is 1. The van der Waals surface area contributed by atoms with E-state index >= 15 is 0 Å². The van der Waals surface area contributed by atoms with Crippen LogP contribution in [0, 0.1) is 6.92 Å². The minimum absolute atomic E-state index is 0.0628. The van der Waals surface area contributed by atoms with Gasteiger partial charge in [-0.25, -0.2) is 14.6 Å². The Morgan fingerprint density at radius 2 is 1.65 bits per heavy atom. The Bertz CT molecular complexity index is 1030. The number of carboxylic acids is 2. The quantitative estimate of drug-likeness (QED) is 0.551. The van der Waals surface area contributed by atoms with Crippen molar-refractivity contribution < 1.29 is 60.2 Å². The molecule has 3 heterocycles. The summed E-state index contributed by atoms with van der Waals surface area (Å²) in [5, 5.41) is 17.9. The van der Waals surface area contributed by atoms with Crippen molar-refractivity contribution in [2.75, 3.05) is 38.3 Å². The fraction of sp³-hybridized carbons (Fsp3) is 0.450. The summed E-state index contributed by atoms with van der Waals surface area (Å²) in [5.41, 5.74) is 1.55. The van der Waals surface area contributed by atoms with E-state index in [2.05, 4.69) is 15.0 Å². The highest BCUT2D eigenvalue weighted by Gasteiger charge is 2.38. The van der Waals surface area contributed by atoms with Gasteiger partial charge in [-0.15, -0.1) is 0 Å². The molecule has 0 bridgehead atoms.